The van der Waals surface area contributed by atoms with Crippen LogP contribution in [0.3, 0.4) is 0 Å². The molecule has 1 aromatic carbocycles. The highest BCUT2D eigenvalue weighted by atomic mass is 127. The van der Waals surface area contributed by atoms with E-state index >= 15 is 0 Å². The van der Waals surface area contributed by atoms with E-state index in [0.29, 0.717) is 0 Å². The molecular weight excluding hydrogens is 331 g/mol. The summed E-state index contributed by atoms with van der Waals surface area (Å²) in [6.45, 7) is 1.80. The zero-order valence-corrected chi connectivity index (χ0v) is 11.8. The molecule has 4 nitrogen and oxygen atoms in total. The third-order valence-corrected chi connectivity index (χ3v) is 3.23. The number of rotatable bonds is 3. The normalized spacial score (nSPS) is 11.6. The summed E-state index contributed by atoms with van der Waals surface area (Å²) in [6.07, 6.45) is 0.271. The van der Waals surface area contributed by atoms with Crippen LogP contribution in [0, 0.1) is 14.9 Å². The summed E-state index contributed by atoms with van der Waals surface area (Å²) < 4.78 is 0.880. The molecule has 17 heavy (non-hydrogen) atoms. The standard InChI is InChI=1S/C12H13IN2O2/c1-8(5-6-14)15(2)12(17)10-7-9(13)3-4-11(10)16/h3-4,7-8,16H,5H2,1-2H3. The first kappa shape index (κ1) is 13.8. The van der Waals surface area contributed by atoms with Gasteiger partial charge < -0.3 is 10.0 Å². The highest BCUT2D eigenvalue weighted by Crippen LogP contribution is 2.21. The van der Waals surface area contributed by atoms with E-state index in [9.17, 15) is 9.90 Å². The Bertz CT molecular complexity index is 468. The molecule has 1 unspecified atom stereocenters. The molecule has 0 fully saturated rings. The van der Waals surface area contributed by atoms with E-state index < -0.39 is 0 Å². The van der Waals surface area contributed by atoms with Gasteiger partial charge >= 0.3 is 0 Å². The van der Waals surface area contributed by atoms with Gasteiger partial charge in [-0.25, -0.2) is 0 Å². The summed E-state index contributed by atoms with van der Waals surface area (Å²) in [7, 11) is 1.63. The maximum absolute atomic E-state index is 12.1. The van der Waals surface area contributed by atoms with Crippen LogP contribution >= 0.6 is 22.6 Å². The molecule has 1 aromatic rings. The van der Waals surface area contributed by atoms with Gasteiger partial charge in [0.05, 0.1) is 18.1 Å². The number of halogens is 1. The Labute approximate surface area is 114 Å². The number of carbonyl (C=O) groups is 1. The minimum absolute atomic E-state index is 0.0357. The highest BCUT2D eigenvalue weighted by molar-refractivity contribution is 14.1. The molecule has 0 aromatic heterocycles. The first-order valence-electron chi connectivity index (χ1n) is 5.10. The maximum atomic E-state index is 12.1. The zero-order chi connectivity index (χ0) is 13.0. The minimum Gasteiger partial charge on any atom is -0.507 e. The molecule has 1 rings (SSSR count). The van der Waals surface area contributed by atoms with Crippen molar-refractivity contribution in [2.45, 2.75) is 19.4 Å². The van der Waals surface area contributed by atoms with Gasteiger partial charge in [0, 0.05) is 16.7 Å². The van der Waals surface area contributed by atoms with Gasteiger partial charge in [-0.05, 0) is 47.7 Å². The molecule has 0 aliphatic rings. The molecule has 0 radical (unpaired) electrons. The van der Waals surface area contributed by atoms with Gasteiger partial charge in [-0.1, -0.05) is 0 Å². The van der Waals surface area contributed by atoms with Gasteiger partial charge in [0.1, 0.15) is 5.75 Å². The third-order valence-electron chi connectivity index (χ3n) is 2.56. The van der Waals surface area contributed by atoms with Crippen LogP contribution in [0.5, 0.6) is 5.75 Å². The van der Waals surface area contributed by atoms with Crippen molar-refractivity contribution in [1.82, 2.24) is 4.90 Å². The van der Waals surface area contributed by atoms with Crippen LogP contribution in [0.4, 0.5) is 0 Å². The summed E-state index contributed by atoms with van der Waals surface area (Å²) in [5, 5.41) is 18.2. The van der Waals surface area contributed by atoms with Crippen LogP contribution in [0.15, 0.2) is 18.2 Å². The Morgan fingerprint density at radius 1 is 1.65 bits per heavy atom. The molecule has 0 aliphatic heterocycles. The van der Waals surface area contributed by atoms with Crippen molar-refractivity contribution in [3.05, 3.63) is 27.3 Å². The van der Waals surface area contributed by atoms with Gasteiger partial charge in [-0.2, -0.15) is 5.26 Å². The summed E-state index contributed by atoms with van der Waals surface area (Å²) in [5.41, 5.74) is 0.268. The van der Waals surface area contributed by atoms with Gasteiger partial charge in [-0.3, -0.25) is 4.79 Å². The summed E-state index contributed by atoms with van der Waals surface area (Å²) in [6, 6.07) is 6.70. The SMILES string of the molecule is CC(CC#N)N(C)C(=O)c1cc(I)ccc1O. The fraction of sp³-hybridized carbons (Fsp3) is 0.333. The number of phenolic OH excluding ortho intramolecular Hbond substituents is 1. The number of hydrogen-bond donors (Lipinski definition) is 1. The first-order valence-corrected chi connectivity index (χ1v) is 6.18. The molecule has 0 aliphatic carbocycles. The number of aromatic hydroxyl groups is 1. The number of hydrogen-bond acceptors (Lipinski definition) is 3. The van der Waals surface area contributed by atoms with E-state index in [1.807, 2.05) is 6.07 Å². The Hall–Kier alpha value is -1.29. The monoisotopic (exact) mass is 344 g/mol. The summed E-state index contributed by atoms with van der Waals surface area (Å²) >= 11 is 2.08. The highest BCUT2D eigenvalue weighted by Gasteiger charge is 2.20. The molecule has 0 spiro atoms. The summed E-state index contributed by atoms with van der Waals surface area (Å²) in [5.74, 6) is -0.310. The van der Waals surface area contributed by atoms with Crippen molar-refractivity contribution < 1.29 is 9.90 Å². The number of amides is 1. The fourth-order valence-electron chi connectivity index (χ4n) is 1.34. The van der Waals surface area contributed by atoms with Crippen molar-refractivity contribution in [3.8, 4) is 11.8 Å². The van der Waals surface area contributed by atoms with Gasteiger partial charge in [-0.15, -0.1) is 0 Å². The van der Waals surface area contributed by atoms with E-state index in [0.717, 1.165) is 3.57 Å². The predicted octanol–water partition coefficient (Wildman–Crippen LogP) is 2.37. The van der Waals surface area contributed by atoms with E-state index in [1.54, 1.807) is 26.1 Å². The number of phenols is 1. The Kier molecular flexibility index (Phi) is 4.75. The zero-order valence-electron chi connectivity index (χ0n) is 9.64. The molecule has 5 heteroatoms. The molecule has 90 valence electrons. The second-order valence-electron chi connectivity index (χ2n) is 3.79. The van der Waals surface area contributed by atoms with Crippen LogP contribution in [-0.2, 0) is 0 Å². The minimum atomic E-state index is -0.274. The predicted molar refractivity (Wildman–Crippen MR) is 72.6 cm³/mol. The lowest BCUT2D eigenvalue weighted by Crippen LogP contribution is -2.34. The van der Waals surface area contributed by atoms with Crippen molar-refractivity contribution in [2.75, 3.05) is 7.05 Å². The number of nitrogens with zero attached hydrogens (tertiary/aromatic N) is 2. The van der Waals surface area contributed by atoms with Gasteiger partial charge in [0.15, 0.2) is 0 Å². The third kappa shape index (κ3) is 3.33. The van der Waals surface area contributed by atoms with E-state index in [4.69, 9.17) is 5.26 Å². The lowest BCUT2D eigenvalue weighted by Gasteiger charge is -2.23. The number of nitriles is 1. The number of benzene rings is 1. The van der Waals surface area contributed by atoms with Crippen LogP contribution in [-0.4, -0.2) is 29.0 Å². The van der Waals surface area contributed by atoms with E-state index in [2.05, 4.69) is 22.6 Å². The van der Waals surface area contributed by atoms with E-state index in [-0.39, 0.29) is 29.7 Å². The molecule has 0 saturated carbocycles. The maximum Gasteiger partial charge on any atom is 0.257 e. The first-order chi connectivity index (χ1) is 7.97. The van der Waals surface area contributed by atoms with Crippen LogP contribution in [0.25, 0.3) is 0 Å². The van der Waals surface area contributed by atoms with Crippen LogP contribution in [0.2, 0.25) is 0 Å². The van der Waals surface area contributed by atoms with Crippen molar-refractivity contribution in [2.24, 2.45) is 0 Å². The molecule has 0 bridgehead atoms. The van der Waals surface area contributed by atoms with Crippen molar-refractivity contribution >= 4 is 28.5 Å². The lowest BCUT2D eigenvalue weighted by atomic mass is 10.1. The summed E-state index contributed by atoms with van der Waals surface area (Å²) in [4.78, 5) is 13.6. The molecular formula is C12H13IN2O2. The van der Waals surface area contributed by atoms with Gasteiger partial charge in [0.25, 0.3) is 5.91 Å². The molecule has 1 N–H and O–H groups in total. The Morgan fingerprint density at radius 2 is 2.29 bits per heavy atom. The second-order valence-corrected chi connectivity index (χ2v) is 5.03. The van der Waals surface area contributed by atoms with Crippen LogP contribution in [0.1, 0.15) is 23.7 Å². The van der Waals surface area contributed by atoms with Crippen molar-refractivity contribution in [3.63, 3.8) is 0 Å². The average molecular weight is 344 g/mol. The van der Waals surface area contributed by atoms with Crippen molar-refractivity contribution in [1.29, 1.82) is 5.26 Å². The number of carbonyl (C=O) groups excluding carboxylic acids is 1. The van der Waals surface area contributed by atoms with Crippen LogP contribution < -0.4 is 0 Å². The largest absolute Gasteiger partial charge is 0.507 e. The average Bonchev–Trinajstić information content (AvgIpc) is 2.30. The Balaban J connectivity index is 2.96. The second kappa shape index (κ2) is 5.87. The molecule has 1 atom stereocenters. The molecule has 0 saturated heterocycles. The fourth-order valence-corrected chi connectivity index (χ4v) is 1.83. The quantitative estimate of drug-likeness (QED) is 0.857. The lowest BCUT2D eigenvalue weighted by molar-refractivity contribution is 0.0743. The molecule has 0 heterocycles. The molecule has 1 amide bonds. The Morgan fingerprint density at radius 3 is 2.88 bits per heavy atom. The topological polar surface area (TPSA) is 64.3 Å². The smallest absolute Gasteiger partial charge is 0.257 e. The van der Waals surface area contributed by atoms with Gasteiger partial charge in [0.2, 0.25) is 0 Å². The van der Waals surface area contributed by atoms with E-state index in [1.165, 1.54) is 11.0 Å².